The number of hydrogen-bond donors (Lipinski definition) is 2. The number of carbonyl (C=O) groups excluding carboxylic acids is 1. The molecule has 0 unspecified atom stereocenters. The highest BCUT2D eigenvalue weighted by Crippen LogP contribution is 2.40. The van der Waals surface area contributed by atoms with E-state index in [0.29, 0.717) is 11.3 Å². The van der Waals surface area contributed by atoms with Crippen LogP contribution in [0.1, 0.15) is 49.3 Å². The van der Waals surface area contributed by atoms with Crippen LogP contribution in [0, 0.1) is 12.0 Å². The van der Waals surface area contributed by atoms with Gasteiger partial charge in [0.1, 0.15) is 0 Å². The summed E-state index contributed by atoms with van der Waals surface area (Å²) in [5.74, 6) is -0.280. The molecule has 1 amide bonds. The molecule has 0 saturated carbocycles. The van der Waals surface area contributed by atoms with Gasteiger partial charge in [0.15, 0.2) is 9.84 Å². The van der Waals surface area contributed by atoms with Gasteiger partial charge in [0, 0.05) is 17.5 Å². The molecule has 1 aliphatic rings. The van der Waals surface area contributed by atoms with Crippen LogP contribution >= 0.6 is 0 Å². The normalized spacial score (nSPS) is 16.1. The number of aromatic nitrogens is 2. The Hall–Kier alpha value is -2.92. The van der Waals surface area contributed by atoms with Crippen molar-refractivity contribution >= 4 is 32.8 Å². The first-order valence-electron chi connectivity index (χ1n) is 8.86. The molecular weight excluding hydrogens is 376 g/mol. The third-order valence-corrected chi connectivity index (χ3v) is 5.99. The highest BCUT2D eigenvalue weighted by molar-refractivity contribution is 7.90. The molecule has 146 valence electrons. The van der Waals surface area contributed by atoms with Gasteiger partial charge < -0.3 is 10.2 Å². The lowest BCUT2D eigenvalue weighted by Gasteiger charge is -2.29. The maximum absolute atomic E-state index is 12.5. The van der Waals surface area contributed by atoms with Crippen LogP contribution in [-0.2, 0) is 9.84 Å². The molecular formula is C20H22N4O3S. The number of amides is 1. The molecule has 0 bridgehead atoms. The van der Waals surface area contributed by atoms with E-state index in [9.17, 15) is 13.2 Å². The molecule has 0 atom stereocenters. The largest absolute Gasteiger partial charge is 0.363 e. The minimum Gasteiger partial charge on any atom is -0.363 e. The monoisotopic (exact) mass is 398 g/mol. The summed E-state index contributed by atoms with van der Waals surface area (Å²) >= 11 is 0. The number of nitrogens with zero attached hydrogens (tertiary/aromatic N) is 2. The van der Waals surface area contributed by atoms with Crippen LogP contribution in [0.2, 0.25) is 0 Å². The molecule has 1 aromatic heterocycles. The Morgan fingerprint density at radius 2 is 2.11 bits per heavy atom. The number of sulfone groups is 1. The number of aromatic amines is 1. The highest BCUT2D eigenvalue weighted by Gasteiger charge is 2.25. The summed E-state index contributed by atoms with van der Waals surface area (Å²) in [7, 11) is -3.38. The van der Waals surface area contributed by atoms with Crippen molar-refractivity contribution in [2.45, 2.75) is 38.0 Å². The van der Waals surface area contributed by atoms with E-state index in [0.717, 1.165) is 31.1 Å². The van der Waals surface area contributed by atoms with Gasteiger partial charge in [-0.2, -0.15) is 0 Å². The first-order chi connectivity index (χ1) is 13.1. The van der Waals surface area contributed by atoms with E-state index in [-0.39, 0.29) is 22.0 Å². The van der Waals surface area contributed by atoms with Gasteiger partial charge in [-0.05, 0) is 48.4 Å². The number of anilines is 1. The lowest BCUT2D eigenvalue weighted by atomic mass is 9.77. The molecule has 8 heteroatoms. The number of H-pyrrole nitrogens is 1. The number of carbonyl (C=O) groups is 1. The zero-order valence-electron chi connectivity index (χ0n) is 16.0. The van der Waals surface area contributed by atoms with Crippen LogP contribution in [0.25, 0.3) is 10.4 Å². The van der Waals surface area contributed by atoms with Crippen molar-refractivity contribution in [1.82, 2.24) is 9.97 Å². The quantitative estimate of drug-likeness (QED) is 0.754. The predicted molar refractivity (Wildman–Crippen MR) is 108 cm³/mol. The van der Waals surface area contributed by atoms with Crippen LogP contribution in [0.4, 0.5) is 11.5 Å². The SMILES string of the molecule is [C-]#[N+]c1cnc(C(=O)Nc2ccc(S(C)(=O)=O)cc2C2=CCC(C)(C)CC2)[nH]1. The summed E-state index contributed by atoms with van der Waals surface area (Å²) < 4.78 is 24.0. The number of hydrogen-bond acceptors (Lipinski definition) is 4. The second kappa shape index (κ2) is 7.24. The zero-order valence-corrected chi connectivity index (χ0v) is 16.9. The maximum atomic E-state index is 12.5. The molecule has 0 aliphatic heterocycles. The molecule has 28 heavy (non-hydrogen) atoms. The van der Waals surface area contributed by atoms with Gasteiger partial charge in [0.2, 0.25) is 5.82 Å². The number of imidazole rings is 1. The number of benzene rings is 1. The summed E-state index contributed by atoms with van der Waals surface area (Å²) in [6, 6.07) is 4.69. The minimum absolute atomic E-state index is 0.0305. The molecule has 2 N–H and O–H groups in total. The van der Waals surface area contributed by atoms with Gasteiger partial charge in [-0.25, -0.2) is 13.4 Å². The summed E-state index contributed by atoms with van der Waals surface area (Å²) in [5, 5.41) is 2.79. The number of rotatable bonds is 4. The molecule has 1 aromatic carbocycles. The van der Waals surface area contributed by atoms with Gasteiger partial charge in [-0.1, -0.05) is 26.5 Å². The molecule has 0 fully saturated rings. The van der Waals surface area contributed by atoms with Crippen LogP contribution in [0.15, 0.2) is 35.4 Å². The average Bonchev–Trinajstić information content (AvgIpc) is 3.11. The molecule has 0 spiro atoms. The molecule has 2 aromatic rings. The Balaban J connectivity index is 1.99. The predicted octanol–water partition coefficient (Wildman–Crippen LogP) is 4.21. The van der Waals surface area contributed by atoms with E-state index >= 15 is 0 Å². The summed E-state index contributed by atoms with van der Waals surface area (Å²) in [4.78, 5) is 22.5. The Morgan fingerprint density at radius 1 is 1.36 bits per heavy atom. The molecule has 0 saturated heterocycles. The van der Waals surface area contributed by atoms with E-state index in [4.69, 9.17) is 6.57 Å². The number of allylic oxidation sites excluding steroid dienone is 2. The molecule has 0 radical (unpaired) electrons. The smallest absolute Gasteiger partial charge is 0.314 e. The van der Waals surface area contributed by atoms with Gasteiger partial charge in [-0.3, -0.25) is 9.78 Å². The molecule has 1 heterocycles. The zero-order chi connectivity index (χ0) is 20.5. The van der Waals surface area contributed by atoms with Crippen molar-refractivity contribution in [2.75, 3.05) is 11.6 Å². The molecule has 1 aliphatic carbocycles. The fraction of sp³-hybridized carbons (Fsp3) is 0.350. The second-order valence-electron chi connectivity index (χ2n) is 7.76. The topological polar surface area (TPSA) is 96.3 Å². The minimum atomic E-state index is -3.38. The van der Waals surface area contributed by atoms with Crippen molar-refractivity contribution in [3.8, 4) is 0 Å². The number of nitrogens with one attached hydrogen (secondary N) is 2. The Morgan fingerprint density at radius 3 is 2.68 bits per heavy atom. The molecule has 3 rings (SSSR count). The Bertz CT molecular complexity index is 1100. The summed E-state index contributed by atoms with van der Waals surface area (Å²) in [5.41, 5.74) is 2.43. The van der Waals surface area contributed by atoms with Crippen molar-refractivity contribution in [3.63, 3.8) is 0 Å². The average molecular weight is 398 g/mol. The third-order valence-electron chi connectivity index (χ3n) is 4.88. The Labute approximate surface area is 164 Å². The van der Waals surface area contributed by atoms with E-state index in [1.165, 1.54) is 12.3 Å². The van der Waals surface area contributed by atoms with Gasteiger partial charge in [0.05, 0.1) is 11.1 Å². The van der Waals surface area contributed by atoms with E-state index < -0.39 is 15.7 Å². The van der Waals surface area contributed by atoms with Crippen molar-refractivity contribution in [2.24, 2.45) is 5.41 Å². The van der Waals surface area contributed by atoms with E-state index in [1.54, 1.807) is 12.1 Å². The van der Waals surface area contributed by atoms with Crippen LogP contribution in [0.5, 0.6) is 0 Å². The van der Waals surface area contributed by atoms with Crippen molar-refractivity contribution < 1.29 is 13.2 Å². The summed E-state index contributed by atoms with van der Waals surface area (Å²) in [6.45, 7) is 11.4. The van der Waals surface area contributed by atoms with Crippen LogP contribution in [0.3, 0.4) is 0 Å². The first-order valence-corrected chi connectivity index (χ1v) is 10.8. The van der Waals surface area contributed by atoms with Gasteiger partial charge in [-0.15, -0.1) is 0 Å². The van der Waals surface area contributed by atoms with Crippen LogP contribution in [-0.4, -0.2) is 30.5 Å². The lowest BCUT2D eigenvalue weighted by molar-refractivity contribution is 0.101. The van der Waals surface area contributed by atoms with Crippen LogP contribution < -0.4 is 5.32 Å². The molecule has 7 nitrogen and oxygen atoms in total. The standard InChI is InChI=1S/C20H22N4O3S/c1-20(2)9-7-13(8-10-20)15-11-14(28(4,26)27)5-6-16(15)23-19(25)18-22-12-17(21-3)24-18/h5-7,11-12H,8-10H2,1-2,4H3,(H,22,24)(H,23,25). The van der Waals surface area contributed by atoms with E-state index in [2.05, 4.69) is 40.1 Å². The fourth-order valence-electron chi connectivity index (χ4n) is 3.12. The second-order valence-corrected chi connectivity index (χ2v) is 9.78. The van der Waals surface area contributed by atoms with Gasteiger partial charge in [0.25, 0.3) is 5.82 Å². The maximum Gasteiger partial charge on any atom is 0.314 e. The lowest BCUT2D eigenvalue weighted by Crippen LogP contribution is -2.17. The van der Waals surface area contributed by atoms with E-state index in [1.807, 2.05) is 0 Å². The highest BCUT2D eigenvalue weighted by atomic mass is 32.2. The van der Waals surface area contributed by atoms with Gasteiger partial charge >= 0.3 is 5.91 Å². The van der Waals surface area contributed by atoms with Crippen molar-refractivity contribution in [1.29, 1.82) is 0 Å². The first kappa shape index (κ1) is 19.8. The summed E-state index contributed by atoms with van der Waals surface area (Å²) in [6.07, 6.45) is 7.22. The van der Waals surface area contributed by atoms with Crippen molar-refractivity contribution in [3.05, 3.63) is 53.3 Å². The third kappa shape index (κ3) is 4.31. The fourth-order valence-corrected chi connectivity index (χ4v) is 3.76. The Kier molecular flexibility index (Phi) is 5.13.